The first-order chi connectivity index (χ1) is 8.72. The molecule has 0 saturated carbocycles. The quantitative estimate of drug-likeness (QED) is 0.401. The number of rotatable bonds is 6. The molecule has 0 aliphatic rings. The van der Waals surface area contributed by atoms with Gasteiger partial charge in [0, 0.05) is 18.6 Å². The molecule has 0 aliphatic heterocycles. The van der Waals surface area contributed by atoms with Gasteiger partial charge in [0.2, 0.25) is 0 Å². The Bertz CT molecular complexity index is 421. The third-order valence-corrected chi connectivity index (χ3v) is 2.77. The Hall–Kier alpha value is -1.63. The summed E-state index contributed by atoms with van der Waals surface area (Å²) in [6.45, 7) is 7.36. The normalized spacial score (nSPS) is 12.7. The number of hydrogen-bond donors (Lipinski definition) is 0. The monoisotopic (exact) mass is 242 g/mol. The van der Waals surface area contributed by atoms with Gasteiger partial charge in [0.25, 0.3) is 0 Å². The lowest BCUT2D eigenvalue weighted by atomic mass is 10.2. The van der Waals surface area contributed by atoms with Crippen LogP contribution in [0.4, 0.5) is 0 Å². The van der Waals surface area contributed by atoms with Gasteiger partial charge in [-0.05, 0) is 32.8 Å². The summed E-state index contributed by atoms with van der Waals surface area (Å²) in [5.74, 6) is 0. The number of pyridine rings is 1. The number of allylic oxidation sites excluding steroid dienone is 6. The maximum Gasteiger partial charge on any atom is 0.169 e. The second-order valence-corrected chi connectivity index (χ2v) is 4.59. The summed E-state index contributed by atoms with van der Waals surface area (Å²) in [4.78, 5) is 0. The molecule has 1 nitrogen and oxygen atoms in total. The van der Waals surface area contributed by atoms with Crippen molar-refractivity contribution < 1.29 is 4.57 Å². The molecular weight excluding hydrogens is 218 g/mol. The number of nitrogens with zero attached hydrogens (tertiary/aromatic N) is 1. The van der Waals surface area contributed by atoms with Gasteiger partial charge in [-0.3, -0.25) is 0 Å². The van der Waals surface area contributed by atoms with Gasteiger partial charge in [-0.1, -0.05) is 36.0 Å². The third kappa shape index (κ3) is 6.19. The van der Waals surface area contributed by atoms with Gasteiger partial charge in [0.15, 0.2) is 12.4 Å². The van der Waals surface area contributed by atoms with E-state index in [1.807, 2.05) is 6.92 Å². The molecule has 0 fully saturated rings. The van der Waals surface area contributed by atoms with Crippen LogP contribution in [-0.4, -0.2) is 0 Å². The van der Waals surface area contributed by atoms with E-state index in [4.69, 9.17) is 0 Å². The van der Waals surface area contributed by atoms with Crippen molar-refractivity contribution in [3.63, 3.8) is 0 Å². The summed E-state index contributed by atoms with van der Waals surface area (Å²) >= 11 is 0. The Morgan fingerprint density at radius 1 is 1.28 bits per heavy atom. The molecule has 0 aliphatic carbocycles. The highest BCUT2D eigenvalue weighted by atomic mass is 14.9. The highest BCUT2D eigenvalue weighted by Gasteiger charge is 1.96. The van der Waals surface area contributed by atoms with Crippen LogP contribution in [0.3, 0.4) is 0 Å². The molecule has 0 spiro atoms. The van der Waals surface area contributed by atoms with Gasteiger partial charge >= 0.3 is 0 Å². The van der Waals surface area contributed by atoms with E-state index in [-0.39, 0.29) is 0 Å². The van der Waals surface area contributed by atoms with Crippen LogP contribution in [0, 0.1) is 6.92 Å². The minimum atomic E-state index is 1.09. The zero-order valence-corrected chi connectivity index (χ0v) is 11.8. The van der Waals surface area contributed by atoms with E-state index in [9.17, 15) is 0 Å². The summed E-state index contributed by atoms with van der Waals surface area (Å²) in [5, 5.41) is 0. The van der Waals surface area contributed by atoms with Crippen LogP contribution in [0.25, 0.3) is 0 Å². The zero-order valence-electron chi connectivity index (χ0n) is 11.8. The number of aromatic nitrogens is 1. The fourth-order valence-corrected chi connectivity index (χ4v) is 1.71. The van der Waals surface area contributed by atoms with Crippen molar-refractivity contribution in [2.75, 3.05) is 0 Å². The molecule has 0 amide bonds. The van der Waals surface area contributed by atoms with E-state index in [0.29, 0.717) is 0 Å². The first kappa shape index (κ1) is 14.4. The smallest absolute Gasteiger partial charge is 0.169 e. The second kappa shape index (κ2) is 8.46. The predicted molar refractivity (Wildman–Crippen MR) is 78.3 cm³/mol. The number of hydrogen-bond acceptors (Lipinski definition) is 0. The van der Waals surface area contributed by atoms with Gasteiger partial charge in [-0.2, -0.15) is 0 Å². The molecule has 18 heavy (non-hydrogen) atoms. The lowest BCUT2D eigenvalue weighted by Gasteiger charge is -1.95. The molecule has 1 heterocycles. The molecule has 1 aromatic heterocycles. The average Bonchev–Trinajstić information content (AvgIpc) is 2.36. The molecule has 0 unspecified atom stereocenters. The first-order valence-corrected chi connectivity index (χ1v) is 6.64. The lowest BCUT2D eigenvalue weighted by molar-refractivity contribution is -0.697. The van der Waals surface area contributed by atoms with Crippen molar-refractivity contribution in [3.8, 4) is 0 Å². The average molecular weight is 242 g/mol. The number of aryl methyl sites for hydroxylation is 2. The molecule has 0 aromatic carbocycles. The maximum atomic E-state index is 2.24. The van der Waals surface area contributed by atoms with Crippen molar-refractivity contribution >= 4 is 0 Å². The predicted octanol–water partition coefficient (Wildman–Crippen LogP) is 4.14. The van der Waals surface area contributed by atoms with Gasteiger partial charge in [-0.15, -0.1) is 0 Å². The van der Waals surface area contributed by atoms with Crippen LogP contribution in [0.2, 0.25) is 0 Å². The van der Waals surface area contributed by atoms with Crippen LogP contribution in [0.5, 0.6) is 0 Å². The van der Waals surface area contributed by atoms with Crippen LogP contribution < -0.4 is 4.57 Å². The van der Waals surface area contributed by atoms with Crippen LogP contribution >= 0.6 is 0 Å². The first-order valence-electron chi connectivity index (χ1n) is 6.64. The Morgan fingerprint density at radius 3 is 2.67 bits per heavy atom. The van der Waals surface area contributed by atoms with E-state index in [0.717, 1.165) is 13.0 Å². The topological polar surface area (TPSA) is 3.88 Å². The van der Waals surface area contributed by atoms with E-state index in [1.54, 1.807) is 0 Å². The van der Waals surface area contributed by atoms with Gasteiger partial charge < -0.3 is 0 Å². The fraction of sp³-hybridized carbons (Fsp3) is 0.353. The van der Waals surface area contributed by atoms with Gasteiger partial charge in [0.05, 0.1) is 0 Å². The van der Waals surface area contributed by atoms with Crippen molar-refractivity contribution in [3.05, 3.63) is 66.0 Å². The summed E-state index contributed by atoms with van der Waals surface area (Å²) in [6.07, 6.45) is 17.3. The Labute approximate surface area is 111 Å². The summed E-state index contributed by atoms with van der Waals surface area (Å²) < 4.78 is 2.24. The minimum absolute atomic E-state index is 1.09. The van der Waals surface area contributed by atoms with E-state index < -0.39 is 0 Å². The highest BCUT2D eigenvalue weighted by molar-refractivity contribution is 5.20. The Kier molecular flexibility index (Phi) is 6.78. The molecule has 0 atom stereocenters. The molecular formula is C17H24N+. The fourth-order valence-electron chi connectivity index (χ4n) is 1.71. The molecule has 1 aromatic rings. The third-order valence-electron chi connectivity index (χ3n) is 2.77. The van der Waals surface area contributed by atoms with E-state index >= 15 is 0 Å². The minimum Gasteiger partial charge on any atom is -0.205 e. The summed E-state index contributed by atoms with van der Waals surface area (Å²) in [6, 6.07) is 4.30. The number of unbranched alkanes of at least 4 members (excludes halogenated alkanes) is 1. The molecule has 96 valence electrons. The van der Waals surface area contributed by atoms with Crippen molar-refractivity contribution in [2.45, 2.75) is 40.2 Å². The van der Waals surface area contributed by atoms with Gasteiger partial charge in [0.1, 0.15) is 6.54 Å². The molecule has 1 heteroatoms. The maximum absolute atomic E-state index is 2.24. The van der Waals surface area contributed by atoms with Crippen molar-refractivity contribution in [1.82, 2.24) is 0 Å². The molecule has 1 rings (SSSR count). The zero-order chi connectivity index (χ0) is 13.2. The van der Waals surface area contributed by atoms with Crippen molar-refractivity contribution in [1.29, 1.82) is 0 Å². The van der Waals surface area contributed by atoms with Crippen LogP contribution in [-0.2, 0) is 6.54 Å². The summed E-state index contributed by atoms with van der Waals surface area (Å²) in [7, 11) is 0. The summed E-state index contributed by atoms with van der Waals surface area (Å²) in [5.41, 5.74) is 2.61. The molecule has 0 bridgehead atoms. The lowest BCUT2D eigenvalue weighted by Crippen LogP contribution is -2.32. The standard InChI is InChI=1S/C17H24N/c1-4-9-16(2)10-7-5-6-8-13-18-14-11-17(3)12-15-18/h4-5,7,9-12,14-15H,6,8,13H2,1-3H3/q+1/b7-5+,9-4-,16-10-. The Morgan fingerprint density at radius 2 is 2.00 bits per heavy atom. The largest absolute Gasteiger partial charge is 0.205 e. The molecule has 0 N–H and O–H groups in total. The highest BCUT2D eigenvalue weighted by Crippen LogP contribution is 1.97. The Balaban J connectivity index is 2.24. The SMILES string of the molecule is C\C=C/C(C)=C\C=C\CCC[n+]1ccc(C)cc1. The molecule has 0 saturated heterocycles. The van der Waals surface area contributed by atoms with Crippen molar-refractivity contribution in [2.24, 2.45) is 0 Å². The van der Waals surface area contributed by atoms with Gasteiger partial charge in [-0.25, -0.2) is 4.57 Å². The van der Waals surface area contributed by atoms with Crippen LogP contribution in [0.1, 0.15) is 32.3 Å². The second-order valence-electron chi connectivity index (χ2n) is 4.59. The van der Waals surface area contributed by atoms with E-state index in [2.05, 4.69) is 73.3 Å². The molecule has 0 radical (unpaired) electrons. The van der Waals surface area contributed by atoms with E-state index in [1.165, 1.54) is 17.6 Å². The van der Waals surface area contributed by atoms with Crippen LogP contribution in [0.15, 0.2) is 60.5 Å².